The quantitative estimate of drug-likeness (QED) is 0.268. The summed E-state index contributed by atoms with van der Waals surface area (Å²) in [5.74, 6) is -1.65. The highest BCUT2D eigenvalue weighted by Crippen LogP contribution is 2.32. The van der Waals surface area contributed by atoms with Gasteiger partial charge in [0, 0.05) is 21.8 Å². The number of alkyl halides is 3. The highest BCUT2D eigenvalue weighted by molar-refractivity contribution is 6.39. The third-order valence-electron chi connectivity index (χ3n) is 4.58. The fraction of sp³-hybridized carbons (Fsp3) is 0.125. The molecule has 0 saturated heterocycles. The van der Waals surface area contributed by atoms with Crippen molar-refractivity contribution in [3.63, 3.8) is 0 Å². The van der Waals surface area contributed by atoms with E-state index >= 15 is 0 Å². The second kappa shape index (κ2) is 11.4. The van der Waals surface area contributed by atoms with Gasteiger partial charge in [0.15, 0.2) is 11.5 Å². The summed E-state index contributed by atoms with van der Waals surface area (Å²) in [6, 6.07) is 16.0. The highest BCUT2D eigenvalue weighted by atomic mass is 35.5. The lowest BCUT2D eigenvalue weighted by Gasteiger charge is -2.13. The van der Waals surface area contributed by atoms with Crippen molar-refractivity contribution in [2.75, 3.05) is 12.4 Å². The zero-order valence-electron chi connectivity index (χ0n) is 18.2. The first kappa shape index (κ1) is 25.6. The smallest absolute Gasteiger partial charge is 0.416 e. The van der Waals surface area contributed by atoms with Gasteiger partial charge in [0.2, 0.25) is 0 Å². The van der Waals surface area contributed by atoms with Gasteiger partial charge in [-0.3, -0.25) is 9.59 Å². The molecule has 35 heavy (non-hydrogen) atoms. The number of nitrogens with zero attached hydrogens (tertiary/aromatic N) is 1. The van der Waals surface area contributed by atoms with E-state index < -0.39 is 23.6 Å². The van der Waals surface area contributed by atoms with Gasteiger partial charge in [0.25, 0.3) is 0 Å². The van der Waals surface area contributed by atoms with Crippen LogP contribution in [0.1, 0.15) is 16.7 Å². The number of rotatable bonds is 7. The zero-order chi connectivity index (χ0) is 25.4. The fourth-order valence-electron chi connectivity index (χ4n) is 2.89. The number of hydrogen-bond donors (Lipinski definition) is 2. The number of nitrogens with one attached hydrogen (secondary N) is 2. The maximum atomic E-state index is 12.8. The van der Waals surface area contributed by atoms with Crippen LogP contribution in [-0.2, 0) is 22.4 Å². The predicted octanol–water partition coefficient (Wildman–Crippen LogP) is 5.04. The van der Waals surface area contributed by atoms with Gasteiger partial charge in [-0.1, -0.05) is 41.9 Å². The first-order valence-electron chi connectivity index (χ1n) is 10.0. The van der Waals surface area contributed by atoms with E-state index in [2.05, 4.69) is 10.4 Å². The Morgan fingerprint density at radius 1 is 1.03 bits per heavy atom. The van der Waals surface area contributed by atoms with Crippen molar-refractivity contribution in [2.45, 2.75) is 12.8 Å². The van der Waals surface area contributed by atoms with Crippen LogP contribution in [0.25, 0.3) is 0 Å². The number of benzene rings is 3. The Labute approximate surface area is 203 Å². The number of anilines is 1. The van der Waals surface area contributed by atoms with Crippen LogP contribution in [0.3, 0.4) is 0 Å². The summed E-state index contributed by atoms with van der Waals surface area (Å²) in [7, 11) is 1.46. The van der Waals surface area contributed by atoms with Gasteiger partial charge >= 0.3 is 18.0 Å². The number of hydrogen-bond acceptors (Lipinski definition) is 5. The number of hydrazone groups is 1. The molecule has 0 aliphatic carbocycles. The molecular formula is C24H19ClF3N3O4. The first-order valence-corrected chi connectivity index (χ1v) is 10.4. The lowest BCUT2D eigenvalue weighted by molar-refractivity contribution is -0.137. The molecule has 0 spiro atoms. The van der Waals surface area contributed by atoms with Crippen LogP contribution >= 0.6 is 11.6 Å². The Kier molecular flexibility index (Phi) is 8.32. The van der Waals surface area contributed by atoms with Gasteiger partial charge in [-0.25, -0.2) is 5.43 Å². The molecule has 3 rings (SSSR count). The van der Waals surface area contributed by atoms with E-state index in [1.165, 1.54) is 19.4 Å². The van der Waals surface area contributed by atoms with Gasteiger partial charge in [0.05, 0.1) is 18.9 Å². The van der Waals surface area contributed by atoms with Crippen LogP contribution < -0.4 is 20.2 Å². The Balaban J connectivity index is 1.67. The van der Waals surface area contributed by atoms with Crippen LogP contribution in [-0.4, -0.2) is 25.1 Å². The van der Waals surface area contributed by atoms with Crippen molar-refractivity contribution in [1.82, 2.24) is 5.43 Å². The fourth-order valence-corrected chi connectivity index (χ4v) is 3.08. The number of carbonyl (C=O) groups excluding carboxylic acids is 2. The van der Waals surface area contributed by atoms with Crippen LogP contribution in [0.2, 0.25) is 5.02 Å². The van der Waals surface area contributed by atoms with E-state index in [9.17, 15) is 22.8 Å². The SMILES string of the molecule is COc1cccc(/C=N\NC(=O)C(=O)Nc2cccc(C(F)(F)F)c2)c1OCc1ccccc1Cl. The molecule has 0 heterocycles. The average molecular weight is 506 g/mol. The summed E-state index contributed by atoms with van der Waals surface area (Å²) >= 11 is 6.16. The van der Waals surface area contributed by atoms with Crippen molar-refractivity contribution in [3.05, 3.63) is 88.4 Å². The van der Waals surface area contributed by atoms with E-state index in [1.807, 2.05) is 11.5 Å². The van der Waals surface area contributed by atoms with E-state index in [0.717, 1.165) is 17.7 Å². The van der Waals surface area contributed by atoms with E-state index in [4.69, 9.17) is 21.1 Å². The summed E-state index contributed by atoms with van der Waals surface area (Å²) in [4.78, 5) is 24.1. The van der Waals surface area contributed by atoms with E-state index in [0.29, 0.717) is 28.2 Å². The minimum absolute atomic E-state index is 0.132. The summed E-state index contributed by atoms with van der Waals surface area (Å²) in [6.07, 6.45) is -3.35. The monoisotopic (exact) mass is 505 g/mol. The molecule has 0 unspecified atom stereocenters. The lowest BCUT2D eigenvalue weighted by Crippen LogP contribution is -2.32. The van der Waals surface area contributed by atoms with Crippen molar-refractivity contribution in [2.24, 2.45) is 5.10 Å². The van der Waals surface area contributed by atoms with Gasteiger partial charge < -0.3 is 14.8 Å². The average Bonchev–Trinajstić information content (AvgIpc) is 2.83. The zero-order valence-corrected chi connectivity index (χ0v) is 19.0. The molecule has 11 heteroatoms. The molecule has 2 N–H and O–H groups in total. The third kappa shape index (κ3) is 6.97. The molecule has 0 radical (unpaired) electrons. The van der Waals surface area contributed by atoms with Crippen LogP contribution in [0.15, 0.2) is 71.8 Å². The predicted molar refractivity (Wildman–Crippen MR) is 125 cm³/mol. The summed E-state index contributed by atoms with van der Waals surface area (Å²) < 4.78 is 49.6. The lowest BCUT2D eigenvalue weighted by atomic mass is 10.2. The van der Waals surface area contributed by atoms with Gasteiger partial charge in [-0.05, 0) is 36.4 Å². The number of halogens is 4. The molecule has 0 fully saturated rings. The molecule has 0 atom stereocenters. The topological polar surface area (TPSA) is 89.0 Å². The number of methoxy groups -OCH3 is 1. The number of para-hydroxylation sites is 1. The van der Waals surface area contributed by atoms with Gasteiger partial charge in [0.1, 0.15) is 6.61 Å². The summed E-state index contributed by atoms with van der Waals surface area (Å²) in [5.41, 5.74) is 2.04. The second-order valence-corrected chi connectivity index (χ2v) is 7.40. The number of amides is 2. The third-order valence-corrected chi connectivity index (χ3v) is 4.95. The summed E-state index contributed by atoms with van der Waals surface area (Å²) in [6.45, 7) is 0.132. The molecule has 7 nitrogen and oxygen atoms in total. The summed E-state index contributed by atoms with van der Waals surface area (Å²) in [5, 5.41) is 6.36. The normalized spacial score (nSPS) is 11.2. The minimum atomic E-state index is -4.59. The molecule has 182 valence electrons. The number of ether oxygens (including phenoxy) is 2. The molecular weight excluding hydrogens is 487 g/mol. The van der Waals surface area contributed by atoms with Crippen molar-refractivity contribution in [1.29, 1.82) is 0 Å². The first-order chi connectivity index (χ1) is 16.7. The Hall–Kier alpha value is -4.05. The number of carbonyl (C=O) groups is 2. The molecule has 2 amide bonds. The molecule has 0 aliphatic heterocycles. The van der Waals surface area contributed by atoms with Crippen LogP contribution in [0, 0.1) is 0 Å². The van der Waals surface area contributed by atoms with E-state index in [1.54, 1.807) is 36.4 Å². The van der Waals surface area contributed by atoms with Crippen molar-refractivity contribution in [3.8, 4) is 11.5 Å². The van der Waals surface area contributed by atoms with Crippen molar-refractivity contribution < 1.29 is 32.2 Å². The molecule has 0 saturated carbocycles. The highest BCUT2D eigenvalue weighted by Gasteiger charge is 2.30. The molecule has 0 aromatic heterocycles. The second-order valence-electron chi connectivity index (χ2n) is 6.99. The minimum Gasteiger partial charge on any atom is -0.493 e. The maximum absolute atomic E-state index is 12.8. The van der Waals surface area contributed by atoms with Gasteiger partial charge in [-0.2, -0.15) is 18.3 Å². The van der Waals surface area contributed by atoms with Crippen molar-refractivity contribution >= 4 is 35.3 Å². The largest absolute Gasteiger partial charge is 0.493 e. The van der Waals surface area contributed by atoms with Gasteiger partial charge in [-0.15, -0.1) is 0 Å². The standard InChI is InChI=1S/C24H19ClF3N3O4/c1-34-20-11-4-7-15(21(20)35-14-16-6-2-3-10-19(16)25)13-29-31-23(33)22(32)30-18-9-5-8-17(12-18)24(26,27)28/h2-13H,14H2,1H3,(H,30,32)(H,31,33)/b29-13-. The van der Waals surface area contributed by atoms with Crippen LogP contribution in [0.4, 0.5) is 18.9 Å². The van der Waals surface area contributed by atoms with Crippen LogP contribution in [0.5, 0.6) is 11.5 Å². The Bertz CT molecular complexity index is 1250. The molecule has 0 aliphatic rings. The maximum Gasteiger partial charge on any atom is 0.416 e. The Morgan fingerprint density at radius 3 is 2.49 bits per heavy atom. The molecule has 3 aromatic rings. The molecule has 3 aromatic carbocycles. The Morgan fingerprint density at radius 2 is 1.77 bits per heavy atom. The molecule has 0 bridgehead atoms. The van der Waals surface area contributed by atoms with E-state index in [-0.39, 0.29) is 12.3 Å².